The summed E-state index contributed by atoms with van der Waals surface area (Å²) in [7, 11) is 0. The first kappa shape index (κ1) is 9.06. The van der Waals surface area contributed by atoms with E-state index in [4.69, 9.17) is 5.73 Å². The number of carbonyl (C=O) groups is 1. The molecular weight excluding hydrogens is 222 g/mol. The molecule has 0 radical (unpaired) electrons. The quantitative estimate of drug-likeness (QED) is 0.572. The highest BCUT2D eigenvalue weighted by molar-refractivity contribution is 9.10. The Morgan fingerprint density at radius 3 is 2.58 bits per heavy atom. The summed E-state index contributed by atoms with van der Waals surface area (Å²) in [5.41, 5.74) is 6.01. The number of Topliss-reactive ketones (excluding diaryl/α,β-unsaturated/α-hetero) is 1. The zero-order chi connectivity index (χ0) is 9.30. The van der Waals surface area contributed by atoms with E-state index < -0.39 is 0 Å². The lowest BCUT2D eigenvalue weighted by atomic mass is 10.1. The highest BCUT2D eigenvalue weighted by Gasteiger charge is 2.12. The number of hydrogen-bond donors (Lipinski definition) is 2. The number of anilines is 1. The van der Waals surface area contributed by atoms with E-state index in [0.717, 1.165) is 0 Å². The van der Waals surface area contributed by atoms with Gasteiger partial charge in [0.1, 0.15) is 5.75 Å². The van der Waals surface area contributed by atoms with E-state index in [1.54, 1.807) is 6.07 Å². The molecule has 4 heteroatoms. The predicted octanol–water partition coefficient (Wildman–Crippen LogP) is 1.94. The number of rotatable bonds is 1. The fourth-order valence-electron chi connectivity index (χ4n) is 0.953. The van der Waals surface area contributed by atoms with Crippen molar-refractivity contribution in [2.75, 3.05) is 5.73 Å². The van der Waals surface area contributed by atoms with E-state index in [2.05, 4.69) is 15.9 Å². The summed E-state index contributed by atoms with van der Waals surface area (Å²) in [4.78, 5) is 11.0. The van der Waals surface area contributed by atoms with Crippen LogP contribution in [0.25, 0.3) is 0 Å². The zero-order valence-electron chi connectivity index (χ0n) is 6.47. The number of nitrogens with two attached hydrogens (primary N) is 1. The number of halogens is 1. The van der Waals surface area contributed by atoms with Crippen LogP contribution < -0.4 is 5.73 Å². The molecule has 0 saturated heterocycles. The molecule has 0 spiro atoms. The molecule has 0 unspecified atom stereocenters. The fraction of sp³-hybridized carbons (Fsp3) is 0.125. The maximum atomic E-state index is 11.0. The Balaban J connectivity index is 3.43. The van der Waals surface area contributed by atoms with Crippen molar-refractivity contribution in [1.82, 2.24) is 0 Å². The predicted molar refractivity (Wildman–Crippen MR) is 50.2 cm³/mol. The molecule has 12 heavy (non-hydrogen) atoms. The number of aromatic hydroxyl groups is 1. The van der Waals surface area contributed by atoms with Crippen LogP contribution in [-0.2, 0) is 0 Å². The van der Waals surface area contributed by atoms with Crippen LogP contribution in [0.4, 0.5) is 5.69 Å². The molecule has 0 heterocycles. The van der Waals surface area contributed by atoms with Crippen molar-refractivity contribution >= 4 is 27.4 Å². The molecule has 3 N–H and O–H groups in total. The van der Waals surface area contributed by atoms with Gasteiger partial charge in [-0.3, -0.25) is 4.79 Å². The van der Waals surface area contributed by atoms with Crippen LogP contribution in [0.3, 0.4) is 0 Å². The van der Waals surface area contributed by atoms with Crippen LogP contribution >= 0.6 is 15.9 Å². The fourth-order valence-corrected chi connectivity index (χ4v) is 1.28. The zero-order valence-corrected chi connectivity index (χ0v) is 8.05. The van der Waals surface area contributed by atoms with Gasteiger partial charge in [-0.25, -0.2) is 0 Å². The van der Waals surface area contributed by atoms with Gasteiger partial charge in [-0.2, -0.15) is 0 Å². The van der Waals surface area contributed by atoms with Gasteiger partial charge in [-0.1, -0.05) is 0 Å². The van der Waals surface area contributed by atoms with Crippen molar-refractivity contribution < 1.29 is 9.90 Å². The molecule has 1 aromatic carbocycles. The largest absolute Gasteiger partial charge is 0.507 e. The van der Waals surface area contributed by atoms with Crippen LogP contribution in [0, 0.1) is 0 Å². The average Bonchev–Trinajstić information content (AvgIpc) is 1.97. The molecule has 0 aliphatic rings. The third-order valence-electron chi connectivity index (χ3n) is 1.52. The maximum absolute atomic E-state index is 11.0. The maximum Gasteiger partial charge on any atom is 0.165 e. The molecular formula is C8H8BrNO2. The van der Waals surface area contributed by atoms with Gasteiger partial charge in [0.25, 0.3) is 0 Å². The Bertz CT molecular complexity index is 336. The van der Waals surface area contributed by atoms with Gasteiger partial charge in [0.15, 0.2) is 5.78 Å². The van der Waals surface area contributed by atoms with Gasteiger partial charge in [0.05, 0.1) is 11.3 Å². The van der Waals surface area contributed by atoms with Gasteiger partial charge in [-0.05, 0) is 35.0 Å². The second-order valence-corrected chi connectivity index (χ2v) is 3.27. The molecule has 1 aromatic rings. The van der Waals surface area contributed by atoms with Crippen molar-refractivity contribution in [2.24, 2.45) is 0 Å². The summed E-state index contributed by atoms with van der Waals surface area (Å²) in [6.07, 6.45) is 0. The lowest BCUT2D eigenvalue weighted by molar-refractivity contribution is 0.101. The highest BCUT2D eigenvalue weighted by Crippen LogP contribution is 2.30. The third kappa shape index (κ3) is 1.43. The summed E-state index contributed by atoms with van der Waals surface area (Å²) < 4.78 is 0.616. The smallest absolute Gasteiger partial charge is 0.165 e. The summed E-state index contributed by atoms with van der Waals surface area (Å²) in [6.45, 7) is 1.36. The number of hydrogen-bond acceptors (Lipinski definition) is 3. The van der Waals surface area contributed by atoms with Crippen molar-refractivity contribution in [3.8, 4) is 5.75 Å². The molecule has 0 aliphatic carbocycles. The van der Waals surface area contributed by atoms with Crippen molar-refractivity contribution in [3.05, 3.63) is 22.2 Å². The summed E-state index contributed by atoms with van der Waals surface area (Å²) >= 11 is 3.16. The lowest BCUT2D eigenvalue weighted by Gasteiger charge is -2.05. The van der Waals surface area contributed by atoms with E-state index in [0.29, 0.717) is 4.47 Å². The number of phenolic OH excluding ortho intramolecular Hbond substituents is 1. The molecule has 64 valence electrons. The average molecular weight is 230 g/mol. The first-order chi connectivity index (χ1) is 5.54. The first-order valence-electron chi connectivity index (χ1n) is 3.32. The monoisotopic (exact) mass is 229 g/mol. The highest BCUT2D eigenvalue weighted by atomic mass is 79.9. The molecule has 0 aliphatic heterocycles. The summed E-state index contributed by atoms with van der Waals surface area (Å²) in [6, 6.07) is 3.02. The number of ketones is 1. The second kappa shape index (κ2) is 3.15. The molecule has 0 saturated carbocycles. The minimum absolute atomic E-state index is 0.0804. The Morgan fingerprint density at radius 2 is 2.17 bits per heavy atom. The Hall–Kier alpha value is -1.03. The normalized spacial score (nSPS) is 9.83. The third-order valence-corrected chi connectivity index (χ3v) is 2.21. The van der Waals surface area contributed by atoms with E-state index >= 15 is 0 Å². The second-order valence-electron chi connectivity index (χ2n) is 2.41. The molecule has 3 nitrogen and oxygen atoms in total. The number of nitrogen functional groups attached to an aromatic ring is 1. The van der Waals surface area contributed by atoms with E-state index in [1.165, 1.54) is 13.0 Å². The van der Waals surface area contributed by atoms with E-state index in [1.807, 2.05) is 0 Å². The van der Waals surface area contributed by atoms with Crippen LogP contribution in [0.1, 0.15) is 17.3 Å². The number of benzene rings is 1. The van der Waals surface area contributed by atoms with Crippen LogP contribution in [0.15, 0.2) is 16.6 Å². The lowest BCUT2D eigenvalue weighted by Crippen LogP contribution is -2.00. The van der Waals surface area contributed by atoms with Crippen LogP contribution in [0.2, 0.25) is 0 Å². The summed E-state index contributed by atoms with van der Waals surface area (Å²) in [5, 5.41) is 9.26. The van der Waals surface area contributed by atoms with Crippen LogP contribution in [-0.4, -0.2) is 10.9 Å². The Labute approximate surface area is 78.3 Å². The molecule has 0 bridgehead atoms. The molecule has 0 atom stereocenters. The van der Waals surface area contributed by atoms with E-state index in [9.17, 15) is 9.90 Å². The minimum atomic E-state index is -0.244. The standard InChI is InChI=1S/C8H8BrNO2/c1-4(11)7-6(12)3-2-5(9)8(7)10/h2-3,12H,10H2,1H3. The van der Waals surface area contributed by atoms with Gasteiger partial charge < -0.3 is 10.8 Å². The topological polar surface area (TPSA) is 63.3 Å². The van der Waals surface area contributed by atoms with Gasteiger partial charge >= 0.3 is 0 Å². The van der Waals surface area contributed by atoms with E-state index in [-0.39, 0.29) is 22.8 Å². The molecule has 0 amide bonds. The van der Waals surface area contributed by atoms with Gasteiger partial charge in [-0.15, -0.1) is 0 Å². The number of carbonyl (C=O) groups excluding carboxylic acids is 1. The minimum Gasteiger partial charge on any atom is -0.507 e. The van der Waals surface area contributed by atoms with Crippen molar-refractivity contribution in [1.29, 1.82) is 0 Å². The van der Waals surface area contributed by atoms with Crippen LogP contribution in [0.5, 0.6) is 5.75 Å². The van der Waals surface area contributed by atoms with Gasteiger partial charge in [0.2, 0.25) is 0 Å². The Kier molecular flexibility index (Phi) is 2.38. The Morgan fingerprint density at radius 1 is 1.58 bits per heavy atom. The molecule has 1 rings (SSSR count). The van der Waals surface area contributed by atoms with Crippen molar-refractivity contribution in [3.63, 3.8) is 0 Å². The first-order valence-corrected chi connectivity index (χ1v) is 4.11. The van der Waals surface area contributed by atoms with Gasteiger partial charge in [0, 0.05) is 4.47 Å². The number of phenols is 1. The SMILES string of the molecule is CC(=O)c1c(O)ccc(Br)c1N. The summed E-state index contributed by atoms with van der Waals surface area (Å²) in [5.74, 6) is -0.325. The van der Waals surface area contributed by atoms with Crippen molar-refractivity contribution in [2.45, 2.75) is 6.92 Å². The molecule has 0 aromatic heterocycles. The molecule has 0 fully saturated rings.